The van der Waals surface area contributed by atoms with Gasteiger partial charge in [0.25, 0.3) is 0 Å². The standard InChI is InChI=1S/C15H14O3.C14H14O3.2C14H14O2.2C8H10O2.4CH4/c1-17-13-7-3-11(4-8-13)15(16)12-5-9-14(18-2)10-6-12;1-15-11-3-7-13(8-4-11)17-14-9-5-12(16-2)6-10-14;1-15-13-7-3-11(4-8-13)12-5-9-14(16-2)10-6-12;1-15-12-8-9-14(16-2)13(10-12)11-6-4-3-5-7-11;1-9-7-3-5-8(10-2)6-4-7;1-9-7-4-3-5-8(6-7)10-2;;;;/h3-10H,1-2H3;3-10H,1-2H3;2*3-10H,1-2H3;2*3-6H,1-2H3;4*1H4. The van der Waals surface area contributed by atoms with Gasteiger partial charge in [-0.05, 0) is 193 Å². The molecule has 0 aliphatic carbocycles. The van der Waals surface area contributed by atoms with Crippen LogP contribution in [0, 0.1) is 0 Å². The van der Waals surface area contributed by atoms with Crippen LogP contribution in [0.1, 0.15) is 45.6 Å². The molecule has 0 amide bonds. The number of ketones is 1. The number of benzene rings is 10. The van der Waals surface area contributed by atoms with Crippen molar-refractivity contribution in [3.8, 4) is 103 Å². The van der Waals surface area contributed by atoms with Crippen molar-refractivity contribution in [2.24, 2.45) is 0 Å². The van der Waals surface area contributed by atoms with Gasteiger partial charge in [0.2, 0.25) is 0 Å². The van der Waals surface area contributed by atoms with Crippen LogP contribution in [0.25, 0.3) is 22.3 Å². The van der Waals surface area contributed by atoms with E-state index < -0.39 is 0 Å². The molecule has 10 aromatic carbocycles. The van der Waals surface area contributed by atoms with Crippen LogP contribution in [0.4, 0.5) is 0 Å². The Morgan fingerprint density at radius 2 is 0.473 bits per heavy atom. The highest BCUT2D eigenvalue weighted by Gasteiger charge is 2.10. The maximum absolute atomic E-state index is 12.2. The van der Waals surface area contributed by atoms with E-state index in [9.17, 15) is 4.79 Å². The second-order valence-electron chi connectivity index (χ2n) is 17.9. The fourth-order valence-electron chi connectivity index (χ4n) is 7.74. The van der Waals surface area contributed by atoms with Crippen LogP contribution in [0.15, 0.2) is 243 Å². The maximum atomic E-state index is 12.2. The summed E-state index contributed by atoms with van der Waals surface area (Å²) in [6, 6.07) is 75.8. The molecule has 10 aromatic rings. The summed E-state index contributed by atoms with van der Waals surface area (Å²) in [6.45, 7) is 0. The summed E-state index contributed by atoms with van der Waals surface area (Å²) in [6.07, 6.45) is 0. The number of ether oxygens (including phenoxy) is 13. The lowest BCUT2D eigenvalue weighted by Gasteiger charge is -2.10. The van der Waals surface area contributed by atoms with Gasteiger partial charge in [0, 0.05) is 22.8 Å². The molecule has 0 radical (unpaired) electrons. The molecule has 0 spiro atoms. The zero-order valence-electron chi connectivity index (χ0n) is 51.3. The highest BCUT2D eigenvalue weighted by Crippen LogP contribution is 2.33. The van der Waals surface area contributed by atoms with Crippen LogP contribution in [0.2, 0.25) is 0 Å². The average Bonchev–Trinajstić information content (AvgIpc) is 2.17. The fourth-order valence-corrected chi connectivity index (χ4v) is 7.74. The van der Waals surface area contributed by atoms with Gasteiger partial charge in [-0.15, -0.1) is 0 Å². The van der Waals surface area contributed by atoms with Gasteiger partial charge in [-0.3, -0.25) is 4.79 Å². The number of rotatable bonds is 18. The Morgan fingerprint density at radius 1 is 0.220 bits per heavy atom. The lowest BCUT2D eigenvalue weighted by molar-refractivity contribution is 0.103. The van der Waals surface area contributed by atoms with Crippen molar-refractivity contribution in [3.63, 3.8) is 0 Å². The first-order chi connectivity index (χ1) is 42.5. The minimum Gasteiger partial charge on any atom is -0.497 e. The second kappa shape index (κ2) is 43.8. The molecule has 484 valence electrons. The average molecular weight is 1240 g/mol. The molecule has 14 nitrogen and oxygen atoms in total. The summed E-state index contributed by atoms with van der Waals surface area (Å²) in [5, 5.41) is 0. The van der Waals surface area contributed by atoms with Gasteiger partial charge in [0.05, 0.1) is 85.3 Å². The third-order valence-electron chi connectivity index (χ3n) is 12.6. The van der Waals surface area contributed by atoms with E-state index in [2.05, 4.69) is 12.1 Å². The predicted molar refractivity (Wildman–Crippen MR) is 371 cm³/mol. The largest absolute Gasteiger partial charge is 0.497 e. The summed E-state index contributed by atoms with van der Waals surface area (Å²) in [7, 11) is 19.7. The van der Waals surface area contributed by atoms with Crippen molar-refractivity contribution in [2.45, 2.75) is 29.7 Å². The van der Waals surface area contributed by atoms with Crippen LogP contribution < -0.4 is 61.6 Å². The quantitative estimate of drug-likeness (QED) is 0.0754. The zero-order chi connectivity index (χ0) is 62.6. The van der Waals surface area contributed by atoms with Crippen molar-refractivity contribution in [1.82, 2.24) is 0 Å². The van der Waals surface area contributed by atoms with Crippen molar-refractivity contribution < 1.29 is 66.4 Å². The third kappa shape index (κ3) is 26.3. The van der Waals surface area contributed by atoms with E-state index in [0.717, 1.165) is 91.6 Å². The van der Waals surface area contributed by atoms with Crippen LogP contribution in [0.3, 0.4) is 0 Å². The highest BCUT2D eigenvalue weighted by molar-refractivity contribution is 6.09. The number of hydrogen-bond acceptors (Lipinski definition) is 14. The van der Waals surface area contributed by atoms with E-state index in [4.69, 9.17) is 61.6 Å². The Labute approximate surface area is 541 Å². The monoisotopic (exact) mass is 1240 g/mol. The fraction of sp³-hybridized carbons (Fsp3) is 0.208. The van der Waals surface area contributed by atoms with E-state index in [1.165, 1.54) is 11.1 Å². The molecule has 0 saturated heterocycles. The zero-order valence-corrected chi connectivity index (χ0v) is 51.3. The molecule has 0 aliphatic rings. The molecular weight excluding hydrogens is 1150 g/mol. The molecule has 0 bridgehead atoms. The van der Waals surface area contributed by atoms with Gasteiger partial charge in [0.15, 0.2) is 5.78 Å². The molecule has 0 aliphatic heterocycles. The van der Waals surface area contributed by atoms with Crippen molar-refractivity contribution >= 4 is 5.78 Å². The normalized spacial score (nSPS) is 9.23. The van der Waals surface area contributed by atoms with Gasteiger partial charge in [-0.2, -0.15) is 0 Å². The molecule has 0 heterocycles. The van der Waals surface area contributed by atoms with Crippen LogP contribution in [-0.2, 0) is 0 Å². The lowest BCUT2D eigenvalue weighted by Crippen LogP contribution is -2.01. The lowest BCUT2D eigenvalue weighted by atomic mass is 10.0. The maximum Gasteiger partial charge on any atom is 0.193 e. The van der Waals surface area contributed by atoms with Crippen LogP contribution >= 0.6 is 0 Å². The minimum atomic E-state index is -0.0136. The molecule has 14 heteroatoms. The summed E-state index contributed by atoms with van der Waals surface area (Å²) in [4.78, 5) is 12.2. The van der Waals surface area contributed by atoms with Gasteiger partial charge in [-0.1, -0.05) is 90.4 Å². The molecule has 0 saturated carbocycles. The second-order valence-corrected chi connectivity index (χ2v) is 17.9. The van der Waals surface area contributed by atoms with E-state index in [-0.39, 0.29) is 35.5 Å². The van der Waals surface area contributed by atoms with Crippen LogP contribution in [0.5, 0.6) is 80.5 Å². The van der Waals surface area contributed by atoms with E-state index in [1.807, 2.05) is 182 Å². The summed E-state index contributed by atoms with van der Waals surface area (Å²) in [5.41, 5.74) is 5.79. The number of hydrogen-bond donors (Lipinski definition) is 0. The Morgan fingerprint density at radius 3 is 0.758 bits per heavy atom. The number of carbonyl (C=O) groups excluding carboxylic acids is 1. The predicted octanol–water partition coefficient (Wildman–Crippen LogP) is 19.1. The minimum absolute atomic E-state index is 0. The van der Waals surface area contributed by atoms with Crippen molar-refractivity contribution in [1.29, 1.82) is 0 Å². The first kappa shape index (κ1) is 78.3. The SMILES string of the molecule is C.C.C.C.COc1ccc(-c2ccc(OC)cc2)cc1.COc1ccc(C(=O)c2ccc(OC)cc2)cc1.COc1ccc(OC)c(-c2ccccc2)c1.COc1ccc(OC)cc1.COc1ccc(Oc2ccc(OC)cc2)cc1.COc1cccc(OC)c1. The molecule has 0 fully saturated rings. The molecular formula is C77H92O14. The summed E-state index contributed by atoms with van der Waals surface area (Å²) in [5.74, 6) is 11.4. The Kier molecular flexibility index (Phi) is 37.7. The van der Waals surface area contributed by atoms with Gasteiger partial charge in [0.1, 0.15) is 80.5 Å². The summed E-state index contributed by atoms with van der Waals surface area (Å²) >= 11 is 0. The smallest absolute Gasteiger partial charge is 0.193 e. The molecule has 10 rings (SSSR count). The number of carbonyl (C=O) groups is 1. The first-order valence-corrected chi connectivity index (χ1v) is 27.2. The van der Waals surface area contributed by atoms with E-state index in [1.54, 1.807) is 134 Å². The topological polar surface area (TPSA) is 137 Å². The molecule has 0 N–H and O–H groups in total. The number of methoxy groups -OCH3 is 12. The van der Waals surface area contributed by atoms with Crippen molar-refractivity contribution in [2.75, 3.05) is 85.3 Å². The highest BCUT2D eigenvalue weighted by atomic mass is 16.5. The van der Waals surface area contributed by atoms with Crippen LogP contribution in [-0.4, -0.2) is 91.1 Å². The summed E-state index contributed by atoms with van der Waals surface area (Å²) < 4.78 is 66.6. The molecule has 91 heavy (non-hydrogen) atoms. The first-order valence-electron chi connectivity index (χ1n) is 27.2. The van der Waals surface area contributed by atoms with Gasteiger partial charge in [-0.25, -0.2) is 0 Å². The Bertz CT molecular complexity index is 3300. The Balaban J connectivity index is 0.000000548. The van der Waals surface area contributed by atoms with E-state index in [0.29, 0.717) is 11.1 Å². The van der Waals surface area contributed by atoms with Crippen molar-refractivity contribution in [3.05, 3.63) is 254 Å². The molecule has 0 atom stereocenters. The van der Waals surface area contributed by atoms with Gasteiger partial charge >= 0.3 is 0 Å². The Hall–Kier alpha value is -10.7. The van der Waals surface area contributed by atoms with Gasteiger partial charge < -0.3 is 61.6 Å². The third-order valence-corrected chi connectivity index (χ3v) is 12.6. The molecule has 0 unspecified atom stereocenters. The van der Waals surface area contributed by atoms with E-state index >= 15 is 0 Å². The molecule has 0 aromatic heterocycles.